The van der Waals surface area contributed by atoms with Crippen LogP contribution in [-0.4, -0.2) is 5.97 Å². The van der Waals surface area contributed by atoms with Gasteiger partial charge in [-0.3, -0.25) is 4.79 Å². The van der Waals surface area contributed by atoms with Gasteiger partial charge in [0.25, 0.3) is 0 Å². The van der Waals surface area contributed by atoms with Crippen LogP contribution in [0.5, 0.6) is 5.75 Å². The zero-order chi connectivity index (χ0) is 15.1. The second-order valence-corrected chi connectivity index (χ2v) is 6.25. The molecule has 1 aliphatic carbocycles. The van der Waals surface area contributed by atoms with E-state index in [1.807, 2.05) is 6.08 Å². The van der Waals surface area contributed by atoms with E-state index in [9.17, 15) is 4.79 Å². The van der Waals surface area contributed by atoms with Crippen molar-refractivity contribution in [3.8, 4) is 5.75 Å². The van der Waals surface area contributed by atoms with Gasteiger partial charge in [-0.1, -0.05) is 24.1 Å². The Kier molecular flexibility index (Phi) is 6.31. The number of carbonyl (C=O) groups is 1. The zero-order valence-electron chi connectivity index (χ0n) is 12.4. The van der Waals surface area contributed by atoms with Crippen LogP contribution in [-0.2, 0) is 4.79 Å². The van der Waals surface area contributed by atoms with E-state index >= 15 is 0 Å². The van der Waals surface area contributed by atoms with E-state index in [4.69, 9.17) is 16.3 Å². The summed E-state index contributed by atoms with van der Waals surface area (Å²) in [5.41, 5.74) is 0. The zero-order valence-corrected chi connectivity index (χ0v) is 13.1. The van der Waals surface area contributed by atoms with Crippen molar-refractivity contribution in [1.82, 2.24) is 0 Å². The quantitative estimate of drug-likeness (QED) is 0.304. The number of hydrogen-bond donors (Lipinski definition) is 0. The van der Waals surface area contributed by atoms with Crippen LogP contribution in [0.3, 0.4) is 0 Å². The third-order valence-corrected chi connectivity index (χ3v) is 4.48. The lowest BCUT2D eigenvalue weighted by Gasteiger charge is -2.27. The van der Waals surface area contributed by atoms with E-state index in [-0.39, 0.29) is 11.9 Å². The number of benzene rings is 1. The summed E-state index contributed by atoms with van der Waals surface area (Å²) < 4.78 is 5.43. The van der Waals surface area contributed by atoms with Gasteiger partial charge in [-0.15, -0.1) is 6.58 Å². The summed E-state index contributed by atoms with van der Waals surface area (Å²) in [7, 11) is 0. The number of hydrogen-bond acceptors (Lipinski definition) is 2. The molecule has 0 bridgehead atoms. The maximum atomic E-state index is 12.2. The first-order chi connectivity index (χ1) is 10.2. The molecule has 3 heteroatoms. The van der Waals surface area contributed by atoms with Crippen LogP contribution in [0.25, 0.3) is 0 Å². The monoisotopic (exact) mass is 306 g/mol. The van der Waals surface area contributed by atoms with E-state index in [1.165, 1.54) is 12.8 Å². The molecule has 21 heavy (non-hydrogen) atoms. The summed E-state index contributed by atoms with van der Waals surface area (Å²) in [6.45, 7) is 3.75. The first-order valence-corrected chi connectivity index (χ1v) is 8.15. The highest BCUT2D eigenvalue weighted by Crippen LogP contribution is 2.33. The van der Waals surface area contributed by atoms with Gasteiger partial charge in [0.05, 0.1) is 5.92 Å². The molecule has 0 aromatic heterocycles. The van der Waals surface area contributed by atoms with Crippen molar-refractivity contribution >= 4 is 17.6 Å². The Morgan fingerprint density at radius 2 is 1.90 bits per heavy atom. The molecule has 0 spiro atoms. The number of carbonyl (C=O) groups excluding carboxylic acids is 1. The fraction of sp³-hybridized carbons (Fsp3) is 0.500. The third-order valence-electron chi connectivity index (χ3n) is 4.23. The Bertz CT molecular complexity index is 459. The molecule has 0 N–H and O–H groups in total. The molecule has 0 aliphatic heterocycles. The number of allylic oxidation sites excluding steroid dienone is 1. The van der Waals surface area contributed by atoms with E-state index in [2.05, 4.69) is 6.58 Å². The molecule has 114 valence electrons. The van der Waals surface area contributed by atoms with Crippen LogP contribution < -0.4 is 4.74 Å². The summed E-state index contributed by atoms with van der Waals surface area (Å²) in [5.74, 6) is 1.31. The summed E-state index contributed by atoms with van der Waals surface area (Å²) in [6.07, 6.45) is 9.72. The Balaban J connectivity index is 1.75. The minimum atomic E-state index is -0.0955. The van der Waals surface area contributed by atoms with Crippen molar-refractivity contribution in [2.24, 2.45) is 11.8 Å². The van der Waals surface area contributed by atoms with Crippen LogP contribution in [0.4, 0.5) is 0 Å². The number of esters is 1. The first kappa shape index (κ1) is 16.1. The molecule has 1 aromatic rings. The molecule has 0 amide bonds. The maximum absolute atomic E-state index is 12.2. The molecule has 0 atom stereocenters. The average molecular weight is 307 g/mol. The van der Waals surface area contributed by atoms with E-state index in [1.54, 1.807) is 24.3 Å². The molecule has 2 nitrogen and oxygen atoms in total. The molecule has 0 heterocycles. The van der Waals surface area contributed by atoms with Crippen molar-refractivity contribution in [2.75, 3.05) is 0 Å². The normalized spacial score (nSPS) is 21.8. The van der Waals surface area contributed by atoms with Crippen LogP contribution in [0.1, 0.15) is 44.9 Å². The van der Waals surface area contributed by atoms with E-state index in [0.29, 0.717) is 10.8 Å². The largest absolute Gasteiger partial charge is 0.426 e. The fourth-order valence-corrected chi connectivity index (χ4v) is 3.07. The number of unbranched alkanes of at least 4 members (excludes halogenated alkanes) is 1. The highest BCUT2D eigenvalue weighted by atomic mass is 35.5. The predicted molar refractivity (Wildman–Crippen MR) is 86.6 cm³/mol. The molecule has 0 unspecified atom stereocenters. The number of rotatable bonds is 6. The standard InChI is InChI=1S/C18H23ClO2/c1-2-3-4-5-14-6-8-15(9-7-14)18(20)21-17-12-10-16(19)11-13-17/h2,10-15H,1,3-9H2. The van der Waals surface area contributed by atoms with Crippen molar-refractivity contribution < 1.29 is 9.53 Å². The van der Waals surface area contributed by atoms with Gasteiger partial charge in [0.15, 0.2) is 0 Å². The molecule has 1 aliphatic rings. The lowest BCUT2D eigenvalue weighted by atomic mass is 9.80. The molecule has 1 fully saturated rings. The highest BCUT2D eigenvalue weighted by Gasteiger charge is 2.27. The molecule has 0 saturated heterocycles. The van der Waals surface area contributed by atoms with Crippen molar-refractivity contribution in [2.45, 2.75) is 44.9 Å². The maximum Gasteiger partial charge on any atom is 0.314 e. The fourth-order valence-electron chi connectivity index (χ4n) is 2.94. The van der Waals surface area contributed by atoms with Gasteiger partial charge >= 0.3 is 5.97 Å². The predicted octanol–water partition coefficient (Wildman–Crippen LogP) is 5.41. The van der Waals surface area contributed by atoms with Gasteiger partial charge in [-0.2, -0.15) is 0 Å². The number of ether oxygens (including phenoxy) is 1. The Morgan fingerprint density at radius 3 is 2.52 bits per heavy atom. The Labute approximate surface area is 132 Å². The van der Waals surface area contributed by atoms with Gasteiger partial charge in [-0.05, 0) is 68.7 Å². The average Bonchev–Trinajstić information content (AvgIpc) is 2.50. The molecular formula is C18H23ClO2. The smallest absolute Gasteiger partial charge is 0.314 e. The summed E-state index contributed by atoms with van der Waals surface area (Å²) >= 11 is 5.82. The SMILES string of the molecule is C=CCCCC1CCC(C(=O)Oc2ccc(Cl)cc2)CC1. The second kappa shape index (κ2) is 8.23. The second-order valence-electron chi connectivity index (χ2n) is 5.81. The Hall–Kier alpha value is -1.28. The van der Waals surface area contributed by atoms with Crippen molar-refractivity contribution in [3.05, 3.63) is 41.9 Å². The highest BCUT2D eigenvalue weighted by molar-refractivity contribution is 6.30. The van der Waals surface area contributed by atoms with Gasteiger partial charge in [0.2, 0.25) is 0 Å². The topological polar surface area (TPSA) is 26.3 Å². The molecule has 2 rings (SSSR count). The minimum absolute atomic E-state index is 0.0522. The molecule has 1 saturated carbocycles. The van der Waals surface area contributed by atoms with Crippen LogP contribution in [0.2, 0.25) is 5.02 Å². The van der Waals surface area contributed by atoms with E-state index < -0.39 is 0 Å². The minimum Gasteiger partial charge on any atom is -0.426 e. The van der Waals surface area contributed by atoms with Gasteiger partial charge in [-0.25, -0.2) is 0 Å². The van der Waals surface area contributed by atoms with Crippen LogP contribution >= 0.6 is 11.6 Å². The van der Waals surface area contributed by atoms with Crippen LogP contribution in [0, 0.1) is 11.8 Å². The lowest BCUT2D eigenvalue weighted by Crippen LogP contribution is -2.25. The van der Waals surface area contributed by atoms with Crippen molar-refractivity contribution in [1.29, 1.82) is 0 Å². The van der Waals surface area contributed by atoms with Gasteiger partial charge in [0, 0.05) is 5.02 Å². The van der Waals surface area contributed by atoms with Gasteiger partial charge < -0.3 is 4.74 Å². The van der Waals surface area contributed by atoms with Gasteiger partial charge in [0.1, 0.15) is 5.75 Å². The van der Waals surface area contributed by atoms with E-state index in [0.717, 1.165) is 38.0 Å². The lowest BCUT2D eigenvalue weighted by molar-refractivity contribution is -0.140. The van der Waals surface area contributed by atoms with Crippen LogP contribution in [0.15, 0.2) is 36.9 Å². The van der Waals surface area contributed by atoms with Crippen molar-refractivity contribution in [3.63, 3.8) is 0 Å². The third kappa shape index (κ3) is 5.20. The number of halogens is 1. The summed E-state index contributed by atoms with van der Waals surface area (Å²) in [5, 5.41) is 0.648. The molecule has 1 aromatic carbocycles. The summed E-state index contributed by atoms with van der Waals surface area (Å²) in [6, 6.07) is 6.95. The molecular weight excluding hydrogens is 284 g/mol. The Morgan fingerprint density at radius 1 is 1.24 bits per heavy atom. The first-order valence-electron chi connectivity index (χ1n) is 7.77. The summed E-state index contributed by atoms with van der Waals surface area (Å²) in [4.78, 5) is 12.2. The molecule has 0 radical (unpaired) electrons.